The molecule has 2 fully saturated rings. The van der Waals surface area contributed by atoms with Gasteiger partial charge in [-0.25, -0.2) is 0 Å². The zero-order valence-corrected chi connectivity index (χ0v) is 9.30. The molecule has 78 valence electrons. The second-order valence-electron chi connectivity index (χ2n) is 5.45. The van der Waals surface area contributed by atoms with E-state index in [4.69, 9.17) is 4.74 Å². The molecule has 1 aliphatic heterocycles. The van der Waals surface area contributed by atoms with Gasteiger partial charge in [-0.2, -0.15) is 0 Å². The number of carbonyl (C=O) groups excluding carboxylic acids is 2. The summed E-state index contributed by atoms with van der Waals surface area (Å²) in [6.07, 6.45) is 0. The third-order valence-electron chi connectivity index (χ3n) is 5.29. The molecular formula is C11H16O3. The van der Waals surface area contributed by atoms with E-state index >= 15 is 0 Å². The summed E-state index contributed by atoms with van der Waals surface area (Å²) < 4.78 is 4.78. The highest BCUT2D eigenvalue weighted by Crippen LogP contribution is 2.74. The molecule has 1 aliphatic carbocycles. The van der Waals surface area contributed by atoms with E-state index in [0.717, 1.165) is 0 Å². The van der Waals surface area contributed by atoms with Crippen LogP contribution in [0.4, 0.5) is 0 Å². The molecule has 0 radical (unpaired) electrons. The molecule has 1 saturated heterocycles. The quantitative estimate of drug-likeness (QED) is 0.438. The summed E-state index contributed by atoms with van der Waals surface area (Å²) >= 11 is 0. The Morgan fingerprint density at radius 2 is 1.57 bits per heavy atom. The van der Waals surface area contributed by atoms with Crippen molar-refractivity contribution in [1.29, 1.82) is 0 Å². The molecule has 1 saturated carbocycles. The minimum atomic E-state index is -0.642. The molecule has 0 spiro atoms. The van der Waals surface area contributed by atoms with Gasteiger partial charge in [-0.1, -0.05) is 20.8 Å². The molecule has 0 aromatic heterocycles. The van der Waals surface area contributed by atoms with Gasteiger partial charge in [-0.05, 0) is 25.2 Å². The van der Waals surface area contributed by atoms with Crippen LogP contribution in [-0.2, 0) is 14.3 Å². The fraction of sp³-hybridized carbons (Fsp3) is 0.818. The van der Waals surface area contributed by atoms with Crippen molar-refractivity contribution < 1.29 is 14.3 Å². The summed E-state index contributed by atoms with van der Waals surface area (Å²) in [7, 11) is 0. The SMILES string of the molecule is CC1C(C)(C)C2(C)C(=O)OC(=O)C12C. The van der Waals surface area contributed by atoms with Gasteiger partial charge in [0.2, 0.25) is 0 Å². The molecule has 3 nitrogen and oxygen atoms in total. The van der Waals surface area contributed by atoms with Gasteiger partial charge in [-0.15, -0.1) is 0 Å². The number of rotatable bonds is 0. The first-order valence-electron chi connectivity index (χ1n) is 4.97. The van der Waals surface area contributed by atoms with Crippen LogP contribution in [0.2, 0.25) is 0 Å². The van der Waals surface area contributed by atoms with Gasteiger partial charge in [0, 0.05) is 0 Å². The van der Waals surface area contributed by atoms with Gasteiger partial charge in [0.15, 0.2) is 0 Å². The van der Waals surface area contributed by atoms with Crippen molar-refractivity contribution in [1.82, 2.24) is 0 Å². The number of fused-ring (bicyclic) bond motifs is 1. The summed E-state index contributed by atoms with van der Waals surface area (Å²) in [5.74, 6) is -0.524. The Bertz CT molecular complexity index is 344. The predicted octanol–water partition coefficient (Wildman–Crippen LogP) is 1.76. The lowest BCUT2D eigenvalue weighted by molar-refractivity contribution is -0.211. The lowest BCUT2D eigenvalue weighted by Crippen LogP contribution is -2.68. The van der Waals surface area contributed by atoms with Crippen molar-refractivity contribution in [2.75, 3.05) is 0 Å². The van der Waals surface area contributed by atoms with Gasteiger partial charge in [0.05, 0.1) is 10.8 Å². The molecule has 2 aliphatic rings. The van der Waals surface area contributed by atoms with Crippen LogP contribution < -0.4 is 0 Å². The van der Waals surface area contributed by atoms with Crippen molar-refractivity contribution in [3.05, 3.63) is 0 Å². The van der Waals surface area contributed by atoms with Crippen LogP contribution in [0, 0.1) is 22.2 Å². The van der Waals surface area contributed by atoms with E-state index in [1.165, 1.54) is 0 Å². The van der Waals surface area contributed by atoms with Crippen molar-refractivity contribution in [3.8, 4) is 0 Å². The number of carbonyl (C=O) groups is 2. The molecule has 3 heteroatoms. The van der Waals surface area contributed by atoms with E-state index in [9.17, 15) is 9.59 Å². The molecule has 0 aromatic carbocycles. The maximum atomic E-state index is 11.7. The molecule has 1 heterocycles. The summed E-state index contributed by atoms with van der Waals surface area (Å²) in [4.78, 5) is 23.3. The molecule has 0 bridgehead atoms. The van der Waals surface area contributed by atoms with Crippen molar-refractivity contribution >= 4 is 11.9 Å². The van der Waals surface area contributed by atoms with Crippen LogP contribution >= 0.6 is 0 Å². The average molecular weight is 196 g/mol. The number of esters is 2. The zero-order valence-electron chi connectivity index (χ0n) is 9.30. The van der Waals surface area contributed by atoms with E-state index in [-0.39, 0.29) is 23.3 Å². The van der Waals surface area contributed by atoms with E-state index in [1.807, 2.05) is 34.6 Å². The smallest absolute Gasteiger partial charge is 0.321 e. The number of cyclic esters (lactones) is 2. The Morgan fingerprint density at radius 3 is 2.00 bits per heavy atom. The molecule has 0 aromatic rings. The molecule has 3 atom stereocenters. The summed E-state index contributed by atoms with van der Waals surface area (Å²) in [6, 6.07) is 0. The summed E-state index contributed by atoms with van der Waals surface area (Å²) in [5.41, 5.74) is -1.42. The highest BCUT2D eigenvalue weighted by Gasteiger charge is 2.81. The van der Waals surface area contributed by atoms with Gasteiger partial charge in [-0.3, -0.25) is 9.59 Å². The van der Waals surface area contributed by atoms with E-state index in [1.54, 1.807) is 0 Å². The second-order valence-corrected chi connectivity index (χ2v) is 5.45. The summed E-state index contributed by atoms with van der Waals surface area (Å²) in [6.45, 7) is 9.76. The average Bonchev–Trinajstić information content (AvgIpc) is 2.27. The maximum Gasteiger partial charge on any atom is 0.321 e. The maximum absolute atomic E-state index is 11.7. The Balaban J connectivity index is 2.60. The van der Waals surface area contributed by atoms with Crippen molar-refractivity contribution in [3.63, 3.8) is 0 Å². The number of hydrogen-bond donors (Lipinski definition) is 0. The topological polar surface area (TPSA) is 43.4 Å². The minimum Gasteiger partial charge on any atom is -0.392 e. The van der Waals surface area contributed by atoms with Gasteiger partial charge in [0.1, 0.15) is 0 Å². The van der Waals surface area contributed by atoms with E-state index in [2.05, 4.69) is 0 Å². The third kappa shape index (κ3) is 0.562. The highest BCUT2D eigenvalue weighted by molar-refractivity contribution is 6.04. The van der Waals surface area contributed by atoms with Crippen LogP contribution in [0.3, 0.4) is 0 Å². The number of ether oxygens (including phenoxy) is 1. The largest absolute Gasteiger partial charge is 0.392 e. The molecule has 14 heavy (non-hydrogen) atoms. The molecular weight excluding hydrogens is 180 g/mol. The fourth-order valence-electron chi connectivity index (χ4n) is 3.33. The lowest BCUT2D eigenvalue weighted by Gasteiger charge is -2.64. The summed E-state index contributed by atoms with van der Waals surface area (Å²) in [5, 5.41) is 0. The first-order chi connectivity index (χ1) is 6.20. The Labute approximate surface area is 83.8 Å². The predicted molar refractivity (Wildman–Crippen MR) is 50.3 cm³/mol. The molecule has 2 rings (SSSR count). The Morgan fingerprint density at radius 1 is 1.07 bits per heavy atom. The first-order valence-corrected chi connectivity index (χ1v) is 4.97. The molecule has 0 N–H and O–H groups in total. The van der Waals surface area contributed by atoms with Crippen LogP contribution in [0.25, 0.3) is 0 Å². The van der Waals surface area contributed by atoms with Crippen LogP contribution in [0.5, 0.6) is 0 Å². The fourth-order valence-corrected chi connectivity index (χ4v) is 3.33. The van der Waals surface area contributed by atoms with Crippen LogP contribution in [-0.4, -0.2) is 11.9 Å². The highest BCUT2D eigenvalue weighted by atomic mass is 16.6. The van der Waals surface area contributed by atoms with Crippen molar-refractivity contribution in [2.45, 2.75) is 34.6 Å². The molecule has 0 amide bonds. The normalized spacial score (nSPS) is 49.6. The Hall–Kier alpha value is -0.860. The van der Waals surface area contributed by atoms with Gasteiger partial charge >= 0.3 is 11.9 Å². The minimum absolute atomic E-state index is 0.162. The standard InChI is InChI=1S/C11H16O3/c1-6-9(2,3)11(5)8(13)14-7(12)10(6,11)4/h6H,1-5H3. The zero-order chi connectivity index (χ0) is 10.9. The number of hydrogen-bond acceptors (Lipinski definition) is 3. The van der Waals surface area contributed by atoms with Crippen LogP contribution in [0.15, 0.2) is 0 Å². The monoisotopic (exact) mass is 196 g/mol. The second kappa shape index (κ2) is 2.05. The van der Waals surface area contributed by atoms with Gasteiger partial charge < -0.3 is 4.74 Å². The van der Waals surface area contributed by atoms with E-state index in [0.29, 0.717) is 0 Å². The van der Waals surface area contributed by atoms with E-state index < -0.39 is 10.8 Å². The Kier molecular flexibility index (Phi) is 1.42. The molecule has 3 unspecified atom stereocenters. The lowest BCUT2D eigenvalue weighted by atomic mass is 9.34. The first kappa shape index (κ1) is 9.69. The van der Waals surface area contributed by atoms with Gasteiger partial charge in [0.25, 0.3) is 0 Å². The van der Waals surface area contributed by atoms with Crippen LogP contribution in [0.1, 0.15) is 34.6 Å². The van der Waals surface area contributed by atoms with Crippen molar-refractivity contribution in [2.24, 2.45) is 22.2 Å². The third-order valence-corrected chi connectivity index (χ3v) is 5.29.